The number of thiophene rings is 1. The van der Waals surface area contributed by atoms with Crippen LogP contribution in [0.4, 0.5) is 0 Å². The fourth-order valence-electron chi connectivity index (χ4n) is 4.07. The molecule has 1 atom stereocenters. The number of carbonyl (C=O) groups is 1. The Labute approximate surface area is 162 Å². The molecule has 0 fully saturated rings. The lowest BCUT2D eigenvalue weighted by Gasteiger charge is -2.39. The Kier molecular flexibility index (Phi) is 4.42. The van der Waals surface area contributed by atoms with Crippen LogP contribution in [0.2, 0.25) is 0 Å². The lowest BCUT2D eigenvalue weighted by molar-refractivity contribution is -0.136. The maximum atomic E-state index is 13.1. The highest BCUT2D eigenvalue weighted by Crippen LogP contribution is 2.33. The predicted octanol–water partition coefficient (Wildman–Crippen LogP) is 3.12. The minimum atomic E-state index is -0.143. The lowest BCUT2D eigenvalue weighted by atomic mass is 9.97. The summed E-state index contributed by atoms with van der Waals surface area (Å²) in [5.41, 5.74) is 2.26. The molecule has 27 heavy (non-hydrogen) atoms. The molecule has 0 radical (unpaired) electrons. The standard InChI is InChI=1S/C20H24N4O2S/c1-12(2)18-16-6-5-13(3)23(16)7-8-24(18)17(25)10-22-11-21-19-15(20(22)26)9-14(4)27-19/h5-6,9,11-12,18H,7-8,10H2,1-4H3/t18-/m0/s1. The maximum Gasteiger partial charge on any atom is 0.262 e. The van der Waals surface area contributed by atoms with E-state index in [0.717, 1.165) is 16.3 Å². The van der Waals surface area contributed by atoms with E-state index in [0.29, 0.717) is 17.8 Å². The second-order valence-corrected chi connectivity index (χ2v) is 8.82. The Balaban J connectivity index is 1.65. The van der Waals surface area contributed by atoms with Gasteiger partial charge in [-0.15, -0.1) is 11.3 Å². The number of nitrogens with zero attached hydrogens (tertiary/aromatic N) is 4. The molecular formula is C20H24N4O2S. The van der Waals surface area contributed by atoms with E-state index < -0.39 is 0 Å². The lowest BCUT2D eigenvalue weighted by Crippen LogP contribution is -2.46. The summed E-state index contributed by atoms with van der Waals surface area (Å²) in [5, 5.41) is 0.594. The molecule has 1 amide bonds. The Morgan fingerprint density at radius 2 is 2.07 bits per heavy atom. The van der Waals surface area contributed by atoms with Crippen LogP contribution in [0.15, 0.2) is 29.3 Å². The van der Waals surface area contributed by atoms with E-state index in [2.05, 4.69) is 42.5 Å². The van der Waals surface area contributed by atoms with Gasteiger partial charge < -0.3 is 9.47 Å². The van der Waals surface area contributed by atoms with Gasteiger partial charge in [0.05, 0.1) is 17.8 Å². The highest BCUT2D eigenvalue weighted by Gasteiger charge is 2.33. The van der Waals surface area contributed by atoms with Crippen molar-refractivity contribution < 1.29 is 4.79 Å². The number of carbonyl (C=O) groups excluding carboxylic acids is 1. The Morgan fingerprint density at radius 1 is 1.30 bits per heavy atom. The average molecular weight is 385 g/mol. The molecule has 0 saturated heterocycles. The van der Waals surface area contributed by atoms with Gasteiger partial charge >= 0.3 is 0 Å². The molecule has 142 valence electrons. The van der Waals surface area contributed by atoms with Gasteiger partial charge in [-0.05, 0) is 38.0 Å². The van der Waals surface area contributed by atoms with Crippen molar-refractivity contribution in [1.29, 1.82) is 0 Å². The van der Waals surface area contributed by atoms with Crippen molar-refractivity contribution in [2.75, 3.05) is 6.54 Å². The van der Waals surface area contributed by atoms with E-state index in [-0.39, 0.29) is 24.1 Å². The van der Waals surface area contributed by atoms with E-state index in [1.807, 2.05) is 17.9 Å². The summed E-state index contributed by atoms with van der Waals surface area (Å²) in [6, 6.07) is 6.10. The van der Waals surface area contributed by atoms with Gasteiger partial charge in [-0.25, -0.2) is 4.98 Å². The number of fused-ring (bicyclic) bond motifs is 2. The predicted molar refractivity (Wildman–Crippen MR) is 107 cm³/mol. The van der Waals surface area contributed by atoms with Gasteiger partial charge in [-0.3, -0.25) is 14.2 Å². The molecule has 0 saturated carbocycles. The smallest absolute Gasteiger partial charge is 0.262 e. The molecule has 3 aromatic heterocycles. The van der Waals surface area contributed by atoms with Gasteiger partial charge in [-0.1, -0.05) is 13.8 Å². The van der Waals surface area contributed by atoms with Gasteiger partial charge in [0, 0.05) is 29.4 Å². The maximum absolute atomic E-state index is 13.1. The molecule has 3 aromatic rings. The molecule has 0 spiro atoms. The molecule has 0 aromatic carbocycles. The van der Waals surface area contributed by atoms with Gasteiger partial charge in [-0.2, -0.15) is 0 Å². The highest BCUT2D eigenvalue weighted by atomic mass is 32.1. The van der Waals surface area contributed by atoms with E-state index >= 15 is 0 Å². The van der Waals surface area contributed by atoms with Crippen LogP contribution in [0.25, 0.3) is 10.2 Å². The summed E-state index contributed by atoms with van der Waals surface area (Å²) < 4.78 is 3.73. The van der Waals surface area contributed by atoms with Gasteiger partial charge in [0.25, 0.3) is 5.56 Å². The highest BCUT2D eigenvalue weighted by molar-refractivity contribution is 7.18. The molecule has 6 nitrogen and oxygen atoms in total. The van der Waals surface area contributed by atoms with Gasteiger partial charge in [0.1, 0.15) is 11.4 Å². The zero-order valence-corrected chi connectivity index (χ0v) is 16.9. The van der Waals surface area contributed by atoms with Crippen molar-refractivity contribution in [2.45, 2.75) is 46.8 Å². The summed E-state index contributed by atoms with van der Waals surface area (Å²) in [6.07, 6.45) is 1.50. The van der Waals surface area contributed by atoms with Crippen LogP contribution in [-0.4, -0.2) is 31.5 Å². The van der Waals surface area contributed by atoms with Crippen LogP contribution in [0, 0.1) is 19.8 Å². The Hall–Kier alpha value is -2.41. The van der Waals surface area contributed by atoms with Crippen LogP contribution >= 0.6 is 11.3 Å². The molecule has 4 rings (SSSR count). The third-order valence-electron chi connectivity index (χ3n) is 5.33. The van der Waals surface area contributed by atoms with E-state index in [9.17, 15) is 9.59 Å². The normalized spacial score (nSPS) is 16.9. The average Bonchev–Trinajstić information content (AvgIpc) is 3.19. The van der Waals surface area contributed by atoms with Crippen molar-refractivity contribution in [1.82, 2.24) is 19.0 Å². The van der Waals surface area contributed by atoms with E-state index in [1.54, 1.807) is 0 Å². The molecule has 1 aliphatic rings. The van der Waals surface area contributed by atoms with Crippen LogP contribution in [0.3, 0.4) is 0 Å². The quantitative estimate of drug-likeness (QED) is 0.697. The van der Waals surface area contributed by atoms with Crippen molar-refractivity contribution in [3.8, 4) is 0 Å². The number of aromatic nitrogens is 3. The second kappa shape index (κ2) is 6.64. The van der Waals surface area contributed by atoms with Crippen molar-refractivity contribution >= 4 is 27.5 Å². The van der Waals surface area contributed by atoms with Crippen LogP contribution in [0.5, 0.6) is 0 Å². The number of hydrogen-bond acceptors (Lipinski definition) is 4. The molecule has 0 bridgehead atoms. The summed E-state index contributed by atoms with van der Waals surface area (Å²) in [4.78, 5) is 33.9. The third kappa shape index (κ3) is 3.00. The Bertz CT molecular complexity index is 1080. The first kappa shape index (κ1) is 18.0. The zero-order valence-electron chi connectivity index (χ0n) is 16.1. The van der Waals surface area contributed by atoms with E-state index in [1.165, 1.54) is 33.6 Å². The fourth-order valence-corrected chi connectivity index (χ4v) is 4.91. The summed E-state index contributed by atoms with van der Waals surface area (Å²) in [5.74, 6) is 0.258. The van der Waals surface area contributed by atoms with Crippen molar-refractivity contribution in [3.05, 3.63) is 51.1 Å². The molecule has 0 N–H and O–H groups in total. The van der Waals surface area contributed by atoms with Crippen molar-refractivity contribution in [2.24, 2.45) is 5.92 Å². The first-order chi connectivity index (χ1) is 12.9. The molecule has 0 unspecified atom stereocenters. The fraction of sp³-hybridized carbons (Fsp3) is 0.450. The molecule has 0 aliphatic carbocycles. The number of amides is 1. The van der Waals surface area contributed by atoms with Gasteiger partial charge in [0.15, 0.2) is 0 Å². The minimum Gasteiger partial charge on any atom is -0.345 e. The third-order valence-corrected chi connectivity index (χ3v) is 6.29. The summed E-state index contributed by atoms with van der Waals surface area (Å²) >= 11 is 1.50. The molecular weight excluding hydrogens is 360 g/mol. The Morgan fingerprint density at radius 3 is 2.81 bits per heavy atom. The first-order valence-corrected chi connectivity index (χ1v) is 10.1. The molecule has 4 heterocycles. The first-order valence-electron chi connectivity index (χ1n) is 9.28. The molecule has 7 heteroatoms. The largest absolute Gasteiger partial charge is 0.345 e. The van der Waals surface area contributed by atoms with E-state index in [4.69, 9.17) is 0 Å². The summed E-state index contributed by atoms with van der Waals surface area (Å²) in [7, 11) is 0. The molecule has 1 aliphatic heterocycles. The van der Waals surface area contributed by atoms with Crippen LogP contribution < -0.4 is 5.56 Å². The summed E-state index contributed by atoms with van der Waals surface area (Å²) in [6.45, 7) is 9.81. The second-order valence-electron chi connectivity index (χ2n) is 7.58. The van der Waals surface area contributed by atoms with Crippen LogP contribution in [0.1, 0.15) is 36.2 Å². The van der Waals surface area contributed by atoms with Gasteiger partial charge in [0.2, 0.25) is 5.91 Å². The number of aryl methyl sites for hydroxylation is 2. The number of hydrogen-bond donors (Lipinski definition) is 0. The monoisotopic (exact) mass is 384 g/mol. The minimum absolute atomic E-state index is 0.0238. The zero-order chi connectivity index (χ0) is 19.3. The number of rotatable bonds is 3. The van der Waals surface area contributed by atoms with Crippen molar-refractivity contribution in [3.63, 3.8) is 0 Å². The topological polar surface area (TPSA) is 60.1 Å². The SMILES string of the molecule is Cc1cc2c(=O)n(CC(=O)N3CCn4c(C)ccc4[C@@H]3C(C)C)cnc2s1. The van der Waals surface area contributed by atoms with Crippen LogP contribution in [-0.2, 0) is 17.9 Å².